The highest BCUT2D eigenvalue weighted by Crippen LogP contribution is 2.16. The van der Waals surface area contributed by atoms with E-state index in [4.69, 9.17) is 14.2 Å². The molecule has 1 N–H and O–H groups in total. The first-order chi connectivity index (χ1) is 29.1. The SMILES string of the molecule is CC/C=C/C=C/C=C/C=C/C=C/CCCCCC(=O)OCC(COCCC(C(=O)O)[N+](C)(C)C)OC(=O)CCCCCCCCCCCCCCCCCCCCCCC. The summed E-state index contributed by atoms with van der Waals surface area (Å²) in [5.41, 5.74) is 0. The molecule has 2 atom stereocenters. The summed E-state index contributed by atoms with van der Waals surface area (Å²) >= 11 is 0. The molecule has 0 saturated heterocycles. The number of hydrogen-bond donors (Lipinski definition) is 1. The Labute approximate surface area is 368 Å². The van der Waals surface area contributed by atoms with E-state index in [1.54, 1.807) is 0 Å². The van der Waals surface area contributed by atoms with Crippen LogP contribution in [0.15, 0.2) is 60.8 Å². The van der Waals surface area contributed by atoms with Crippen LogP contribution >= 0.6 is 0 Å². The number of carboxylic acids is 1. The maximum absolute atomic E-state index is 12.8. The molecule has 0 saturated carbocycles. The minimum atomic E-state index is -0.881. The highest BCUT2D eigenvalue weighted by molar-refractivity contribution is 5.72. The highest BCUT2D eigenvalue weighted by atomic mass is 16.6. The zero-order chi connectivity index (χ0) is 44.2. The standard InChI is InChI=1S/C52H91NO7/c1-6-8-10-12-14-16-18-20-22-23-24-25-26-27-29-31-33-35-37-39-41-43-51(55)60-48(46-58-45-44-49(52(56)57)53(3,4)5)47-59-50(54)42-40-38-36-34-32-30-28-21-19-17-15-13-11-9-7-2/h9,11,13,15,17,19,21,28,30,32,48-49H,6-8,10,12,14,16,18,20,22-27,29,31,33-47H2,1-5H3/p+1/b11-9+,15-13+,19-17+,28-21+,32-30+. The third kappa shape index (κ3) is 40.4. The number of aliphatic carboxylic acids is 1. The van der Waals surface area contributed by atoms with E-state index in [0.717, 1.165) is 51.4 Å². The summed E-state index contributed by atoms with van der Waals surface area (Å²) in [6, 6.07) is -0.623. The van der Waals surface area contributed by atoms with E-state index in [-0.39, 0.29) is 36.2 Å². The predicted octanol–water partition coefficient (Wildman–Crippen LogP) is 13.8. The number of likely N-dealkylation sites (N-methyl/N-ethyl adjacent to an activating group) is 1. The van der Waals surface area contributed by atoms with Gasteiger partial charge < -0.3 is 23.8 Å². The number of ether oxygens (including phenoxy) is 3. The van der Waals surface area contributed by atoms with Gasteiger partial charge in [-0.2, -0.15) is 0 Å². The van der Waals surface area contributed by atoms with Crippen LogP contribution in [0.5, 0.6) is 0 Å². The Morgan fingerprint density at radius 3 is 1.38 bits per heavy atom. The van der Waals surface area contributed by atoms with E-state index in [1.165, 1.54) is 116 Å². The van der Waals surface area contributed by atoms with Crippen LogP contribution in [0.4, 0.5) is 0 Å². The van der Waals surface area contributed by atoms with Gasteiger partial charge in [0.1, 0.15) is 6.61 Å². The van der Waals surface area contributed by atoms with E-state index in [1.807, 2.05) is 69.8 Å². The summed E-state index contributed by atoms with van der Waals surface area (Å²) in [4.78, 5) is 37.1. The largest absolute Gasteiger partial charge is 0.477 e. The lowest BCUT2D eigenvalue weighted by Gasteiger charge is -2.31. The van der Waals surface area contributed by atoms with Crippen LogP contribution in [-0.4, -0.2) is 80.6 Å². The molecule has 0 amide bonds. The normalized spacial score (nSPS) is 13.4. The van der Waals surface area contributed by atoms with Crippen molar-refractivity contribution < 1.29 is 38.2 Å². The van der Waals surface area contributed by atoms with Crippen LogP contribution in [0.1, 0.15) is 200 Å². The minimum Gasteiger partial charge on any atom is -0.477 e. The Kier molecular flexibility index (Phi) is 40.6. The van der Waals surface area contributed by atoms with Crippen LogP contribution in [0.25, 0.3) is 0 Å². The van der Waals surface area contributed by atoms with Gasteiger partial charge in [0.05, 0.1) is 34.4 Å². The molecule has 0 bridgehead atoms. The first-order valence-electron chi connectivity index (χ1n) is 24.4. The molecule has 346 valence electrons. The van der Waals surface area contributed by atoms with Crippen molar-refractivity contribution in [3.63, 3.8) is 0 Å². The lowest BCUT2D eigenvalue weighted by Crippen LogP contribution is -2.50. The minimum absolute atomic E-state index is 0.0470. The van der Waals surface area contributed by atoms with Gasteiger partial charge in [0, 0.05) is 19.3 Å². The molecule has 0 rings (SSSR count). The molecular formula is C52H92NO7+. The van der Waals surface area contributed by atoms with Gasteiger partial charge in [0.15, 0.2) is 12.1 Å². The first-order valence-corrected chi connectivity index (χ1v) is 24.4. The average Bonchev–Trinajstić information content (AvgIpc) is 3.21. The second-order valence-electron chi connectivity index (χ2n) is 17.5. The van der Waals surface area contributed by atoms with E-state index in [9.17, 15) is 19.5 Å². The molecule has 0 aromatic carbocycles. The number of carboxylic acid groups (broad SMARTS) is 1. The third-order valence-electron chi connectivity index (χ3n) is 10.8. The molecule has 0 spiro atoms. The highest BCUT2D eigenvalue weighted by Gasteiger charge is 2.31. The van der Waals surface area contributed by atoms with Crippen molar-refractivity contribution in [2.45, 2.75) is 212 Å². The summed E-state index contributed by atoms with van der Waals surface area (Å²) in [7, 11) is 5.52. The summed E-state index contributed by atoms with van der Waals surface area (Å²) in [6.45, 7) is 4.57. The van der Waals surface area contributed by atoms with Crippen molar-refractivity contribution >= 4 is 17.9 Å². The summed E-state index contributed by atoms with van der Waals surface area (Å²) in [5, 5.41) is 9.64. The maximum atomic E-state index is 12.8. The molecule has 8 heteroatoms. The third-order valence-corrected chi connectivity index (χ3v) is 10.8. The molecule has 0 aliphatic rings. The van der Waals surface area contributed by atoms with Gasteiger partial charge in [-0.05, 0) is 32.1 Å². The quantitative estimate of drug-likeness (QED) is 0.0282. The number of rotatable bonds is 43. The number of carbonyl (C=O) groups excluding carboxylic acids is 2. The molecule has 0 aliphatic heterocycles. The molecule has 0 heterocycles. The molecule has 2 unspecified atom stereocenters. The first kappa shape index (κ1) is 57.0. The Hall–Kier alpha value is -2.97. The van der Waals surface area contributed by atoms with Crippen LogP contribution in [0.3, 0.4) is 0 Å². The molecule has 0 radical (unpaired) electrons. The topological polar surface area (TPSA) is 99.1 Å². The molecular weight excluding hydrogens is 751 g/mol. The number of hydrogen-bond acceptors (Lipinski definition) is 6. The van der Waals surface area contributed by atoms with Crippen molar-refractivity contribution in [1.82, 2.24) is 0 Å². The van der Waals surface area contributed by atoms with Gasteiger partial charge in [0.2, 0.25) is 0 Å². The Balaban J connectivity index is 4.29. The molecule has 8 nitrogen and oxygen atoms in total. The number of allylic oxidation sites excluding steroid dienone is 10. The predicted molar refractivity (Wildman–Crippen MR) is 252 cm³/mol. The Bertz CT molecular complexity index is 1170. The molecule has 0 fully saturated rings. The zero-order valence-corrected chi connectivity index (χ0v) is 39.4. The molecule has 0 aliphatic carbocycles. The number of quaternary nitrogens is 1. The van der Waals surface area contributed by atoms with Crippen LogP contribution in [0, 0.1) is 0 Å². The Morgan fingerprint density at radius 2 is 0.933 bits per heavy atom. The fraction of sp³-hybridized carbons (Fsp3) is 0.750. The maximum Gasteiger partial charge on any atom is 0.362 e. The number of nitrogens with zero attached hydrogens (tertiary/aromatic N) is 1. The summed E-state index contributed by atoms with van der Waals surface area (Å²) in [6.07, 6.45) is 52.7. The van der Waals surface area contributed by atoms with Gasteiger partial charge in [0.25, 0.3) is 0 Å². The Morgan fingerprint density at radius 1 is 0.517 bits per heavy atom. The summed E-state index contributed by atoms with van der Waals surface area (Å²) in [5.74, 6) is -1.52. The lowest BCUT2D eigenvalue weighted by molar-refractivity contribution is -0.887. The van der Waals surface area contributed by atoms with Gasteiger partial charge in [-0.3, -0.25) is 9.59 Å². The van der Waals surface area contributed by atoms with E-state index >= 15 is 0 Å². The smallest absolute Gasteiger partial charge is 0.362 e. The van der Waals surface area contributed by atoms with Crippen LogP contribution in [-0.2, 0) is 28.6 Å². The van der Waals surface area contributed by atoms with E-state index in [2.05, 4.69) is 26.0 Å². The van der Waals surface area contributed by atoms with Gasteiger partial charge in [-0.15, -0.1) is 0 Å². The van der Waals surface area contributed by atoms with Crippen LogP contribution in [0.2, 0.25) is 0 Å². The molecule has 0 aromatic heterocycles. The zero-order valence-electron chi connectivity index (χ0n) is 39.4. The molecule has 60 heavy (non-hydrogen) atoms. The van der Waals surface area contributed by atoms with Crippen molar-refractivity contribution in [2.75, 3.05) is 41.0 Å². The second kappa shape index (κ2) is 42.7. The monoisotopic (exact) mass is 843 g/mol. The van der Waals surface area contributed by atoms with Gasteiger partial charge in [-0.25, -0.2) is 4.79 Å². The van der Waals surface area contributed by atoms with E-state index < -0.39 is 18.1 Å². The van der Waals surface area contributed by atoms with Crippen molar-refractivity contribution in [3.8, 4) is 0 Å². The second-order valence-corrected chi connectivity index (χ2v) is 17.5. The number of esters is 2. The van der Waals surface area contributed by atoms with Crippen molar-refractivity contribution in [3.05, 3.63) is 60.8 Å². The van der Waals surface area contributed by atoms with Gasteiger partial charge in [-0.1, -0.05) is 209 Å². The molecule has 0 aromatic rings. The fourth-order valence-corrected chi connectivity index (χ4v) is 7.05. The fourth-order valence-electron chi connectivity index (χ4n) is 7.05. The average molecular weight is 843 g/mol. The van der Waals surface area contributed by atoms with Crippen molar-refractivity contribution in [2.24, 2.45) is 0 Å². The number of unbranched alkanes of at least 4 members (excludes halogenated alkanes) is 23. The number of carbonyl (C=O) groups is 3. The summed E-state index contributed by atoms with van der Waals surface area (Å²) < 4.78 is 17.3. The van der Waals surface area contributed by atoms with Crippen molar-refractivity contribution in [1.29, 1.82) is 0 Å². The van der Waals surface area contributed by atoms with Gasteiger partial charge >= 0.3 is 17.9 Å². The lowest BCUT2D eigenvalue weighted by atomic mass is 10.0. The van der Waals surface area contributed by atoms with Crippen LogP contribution < -0.4 is 0 Å². The van der Waals surface area contributed by atoms with E-state index in [0.29, 0.717) is 19.3 Å².